The van der Waals surface area contributed by atoms with Gasteiger partial charge in [0.25, 0.3) is 5.91 Å². The van der Waals surface area contributed by atoms with Gasteiger partial charge in [0.1, 0.15) is 11.6 Å². The fourth-order valence-electron chi connectivity index (χ4n) is 4.13. The minimum atomic E-state index is 0.0277. The zero-order chi connectivity index (χ0) is 23.8. The number of fused-ring (bicyclic) bond motifs is 1. The van der Waals surface area contributed by atoms with E-state index >= 15 is 0 Å². The molecule has 4 rings (SSSR count). The highest BCUT2D eigenvalue weighted by Crippen LogP contribution is 2.22. The van der Waals surface area contributed by atoms with Gasteiger partial charge < -0.3 is 14.6 Å². The third-order valence-electron chi connectivity index (χ3n) is 6.18. The van der Waals surface area contributed by atoms with Crippen LogP contribution in [-0.2, 0) is 13.0 Å². The summed E-state index contributed by atoms with van der Waals surface area (Å²) in [7, 11) is 0. The topological polar surface area (TPSA) is 56.1 Å². The number of aryl methyl sites for hydroxylation is 3. The third kappa shape index (κ3) is 6.06. The molecule has 0 atom stereocenters. The second-order valence-corrected chi connectivity index (χ2v) is 9.56. The smallest absolute Gasteiger partial charge is 0.261 e. The average molecular weight is 476 g/mol. The van der Waals surface area contributed by atoms with E-state index in [9.17, 15) is 4.79 Å². The van der Waals surface area contributed by atoms with Crippen molar-refractivity contribution in [3.63, 3.8) is 0 Å². The molecule has 178 valence electrons. The summed E-state index contributed by atoms with van der Waals surface area (Å²) in [5.41, 5.74) is 4.71. The Hall–Kier alpha value is -3.12. The Balaban J connectivity index is 1.27. The molecule has 1 N–H and O–H groups in total. The summed E-state index contributed by atoms with van der Waals surface area (Å²) in [4.78, 5) is 17.7. The summed E-state index contributed by atoms with van der Waals surface area (Å²) < 4.78 is 8.42. The predicted octanol–water partition coefficient (Wildman–Crippen LogP) is 6.33. The van der Waals surface area contributed by atoms with Crippen LogP contribution in [0.25, 0.3) is 11.0 Å². The number of aromatic nitrogens is 2. The highest BCUT2D eigenvalue weighted by Gasteiger charge is 2.11. The molecule has 4 aromatic rings. The number of hydrogen-bond donors (Lipinski definition) is 1. The van der Waals surface area contributed by atoms with Crippen LogP contribution >= 0.6 is 11.3 Å². The van der Waals surface area contributed by atoms with E-state index in [2.05, 4.69) is 48.0 Å². The van der Waals surface area contributed by atoms with Crippen LogP contribution in [0, 0.1) is 13.8 Å². The number of ether oxygens (including phenoxy) is 1. The molecule has 5 nitrogen and oxygen atoms in total. The van der Waals surface area contributed by atoms with Crippen LogP contribution in [0.5, 0.6) is 5.75 Å². The number of hydrogen-bond acceptors (Lipinski definition) is 4. The van der Waals surface area contributed by atoms with Crippen molar-refractivity contribution in [2.24, 2.45) is 0 Å². The molecule has 0 aliphatic heterocycles. The lowest BCUT2D eigenvalue weighted by atomic mass is 10.1. The van der Waals surface area contributed by atoms with E-state index in [-0.39, 0.29) is 5.91 Å². The van der Waals surface area contributed by atoms with Gasteiger partial charge in [-0.3, -0.25) is 4.79 Å². The molecule has 1 amide bonds. The molecule has 0 fully saturated rings. The highest BCUT2D eigenvalue weighted by molar-refractivity contribution is 7.12. The van der Waals surface area contributed by atoms with Gasteiger partial charge in [0.15, 0.2) is 0 Å². The Morgan fingerprint density at radius 3 is 2.74 bits per heavy atom. The molecule has 34 heavy (non-hydrogen) atoms. The van der Waals surface area contributed by atoms with Crippen LogP contribution in [0.15, 0.2) is 60.0 Å². The van der Waals surface area contributed by atoms with Crippen molar-refractivity contribution < 1.29 is 9.53 Å². The number of benzene rings is 2. The van der Waals surface area contributed by atoms with Crippen molar-refractivity contribution in [2.75, 3.05) is 13.2 Å². The number of unbranched alkanes of at least 4 members (excludes halogenated alkanes) is 2. The monoisotopic (exact) mass is 475 g/mol. The normalized spacial score (nSPS) is 11.1. The summed E-state index contributed by atoms with van der Waals surface area (Å²) in [6, 6.07) is 18.3. The first-order valence-electron chi connectivity index (χ1n) is 12.1. The molecule has 6 heteroatoms. The second kappa shape index (κ2) is 11.8. The van der Waals surface area contributed by atoms with Crippen molar-refractivity contribution >= 4 is 28.3 Å². The second-order valence-electron chi connectivity index (χ2n) is 8.61. The van der Waals surface area contributed by atoms with Gasteiger partial charge >= 0.3 is 0 Å². The number of imidazole rings is 1. The van der Waals surface area contributed by atoms with Gasteiger partial charge in [0.05, 0.1) is 22.5 Å². The summed E-state index contributed by atoms with van der Waals surface area (Å²) >= 11 is 1.48. The van der Waals surface area contributed by atoms with Gasteiger partial charge in [-0.25, -0.2) is 4.98 Å². The fourth-order valence-corrected chi connectivity index (χ4v) is 4.77. The molecule has 0 bridgehead atoms. The first kappa shape index (κ1) is 24.0. The molecule has 0 saturated carbocycles. The van der Waals surface area contributed by atoms with Gasteiger partial charge in [-0.15, -0.1) is 11.3 Å². The number of nitrogens with zero attached hydrogens (tertiary/aromatic N) is 2. The minimum absolute atomic E-state index is 0.0277. The number of carbonyl (C=O) groups excluding carboxylic acids is 1. The maximum atomic E-state index is 12.0. The van der Waals surface area contributed by atoms with Gasteiger partial charge in [-0.05, 0) is 73.9 Å². The van der Waals surface area contributed by atoms with Crippen molar-refractivity contribution in [3.8, 4) is 5.75 Å². The number of thiophene rings is 1. The van der Waals surface area contributed by atoms with Crippen molar-refractivity contribution in [1.82, 2.24) is 14.9 Å². The lowest BCUT2D eigenvalue weighted by molar-refractivity contribution is 0.0957. The summed E-state index contributed by atoms with van der Waals surface area (Å²) in [5.74, 6) is 2.14. The Labute approximate surface area is 205 Å². The Morgan fingerprint density at radius 2 is 1.88 bits per heavy atom. The lowest BCUT2D eigenvalue weighted by Gasteiger charge is -2.13. The average Bonchev–Trinajstić information content (AvgIpc) is 3.50. The van der Waals surface area contributed by atoms with E-state index in [0.717, 1.165) is 60.6 Å². The molecule has 0 unspecified atom stereocenters. The van der Waals surface area contributed by atoms with Crippen LogP contribution in [0.1, 0.15) is 52.3 Å². The van der Waals surface area contributed by atoms with Crippen molar-refractivity contribution in [1.29, 1.82) is 0 Å². The maximum absolute atomic E-state index is 12.0. The highest BCUT2D eigenvalue weighted by atomic mass is 32.1. The van der Waals surface area contributed by atoms with Crippen molar-refractivity contribution in [3.05, 3.63) is 81.8 Å². The van der Waals surface area contributed by atoms with Crippen LogP contribution in [0.3, 0.4) is 0 Å². The van der Waals surface area contributed by atoms with Gasteiger partial charge in [0, 0.05) is 19.5 Å². The Kier molecular flexibility index (Phi) is 8.36. The number of nitrogens with one attached hydrogen (secondary N) is 1. The van der Waals surface area contributed by atoms with Crippen LogP contribution in [0.4, 0.5) is 0 Å². The van der Waals surface area contributed by atoms with E-state index in [1.165, 1.54) is 28.0 Å². The maximum Gasteiger partial charge on any atom is 0.261 e. The standard InChI is InChI=1S/C28H33N3O2S/c1-21-11-8-14-25(22(21)2)33-19-10-18-31-24-13-6-5-12-23(24)30-27(31)16-4-3-7-17-29-28(32)26-15-9-20-34-26/h5-6,8-9,11-15,20H,3-4,7,10,16-19H2,1-2H3,(H,29,32). The number of amides is 1. The molecule has 2 aromatic carbocycles. The van der Waals surface area contributed by atoms with E-state index in [1.54, 1.807) is 0 Å². The first-order valence-corrected chi connectivity index (χ1v) is 13.0. The van der Waals surface area contributed by atoms with Gasteiger partial charge in [-0.2, -0.15) is 0 Å². The lowest BCUT2D eigenvalue weighted by Crippen LogP contribution is -2.23. The molecule has 0 spiro atoms. The molecule has 0 radical (unpaired) electrons. The van der Waals surface area contributed by atoms with E-state index < -0.39 is 0 Å². The van der Waals surface area contributed by atoms with E-state index in [0.29, 0.717) is 13.2 Å². The predicted molar refractivity (Wildman–Crippen MR) is 140 cm³/mol. The van der Waals surface area contributed by atoms with Crippen LogP contribution in [-0.4, -0.2) is 28.6 Å². The molecular formula is C28H33N3O2S. The summed E-state index contributed by atoms with van der Waals surface area (Å²) in [6.45, 7) is 6.50. The fraction of sp³-hybridized carbons (Fsp3) is 0.357. The number of rotatable bonds is 12. The largest absolute Gasteiger partial charge is 0.493 e. The van der Waals surface area contributed by atoms with Crippen molar-refractivity contribution in [2.45, 2.75) is 52.5 Å². The molecule has 2 aromatic heterocycles. The molecule has 0 aliphatic carbocycles. The Morgan fingerprint density at radius 1 is 1.00 bits per heavy atom. The number of para-hydroxylation sites is 2. The van der Waals surface area contributed by atoms with Gasteiger partial charge in [0.2, 0.25) is 0 Å². The minimum Gasteiger partial charge on any atom is -0.493 e. The zero-order valence-electron chi connectivity index (χ0n) is 20.0. The molecule has 0 aliphatic rings. The first-order chi connectivity index (χ1) is 16.6. The van der Waals surface area contributed by atoms with Gasteiger partial charge in [-0.1, -0.05) is 36.8 Å². The zero-order valence-corrected chi connectivity index (χ0v) is 20.9. The third-order valence-corrected chi connectivity index (χ3v) is 7.05. The quantitative estimate of drug-likeness (QED) is 0.244. The van der Waals surface area contributed by atoms with Crippen LogP contribution in [0.2, 0.25) is 0 Å². The molecular weight excluding hydrogens is 442 g/mol. The van der Waals surface area contributed by atoms with E-state index in [1.807, 2.05) is 35.7 Å². The SMILES string of the molecule is Cc1cccc(OCCCn2c(CCCCCNC(=O)c3cccs3)nc3ccccc32)c1C. The van der Waals surface area contributed by atoms with E-state index in [4.69, 9.17) is 9.72 Å². The number of carbonyl (C=O) groups is 1. The van der Waals surface area contributed by atoms with Crippen LogP contribution < -0.4 is 10.1 Å². The summed E-state index contributed by atoms with van der Waals surface area (Å²) in [6.07, 6.45) is 4.95. The Bertz CT molecular complexity index is 1210. The summed E-state index contributed by atoms with van der Waals surface area (Å²) in [5, 5.41) is 4.94. The molecule has 0 saturated heterocycles. The molecule has 2 heterocycles.